The second-order valence-electron chi connectivity index (χ2n) is 6.07. The standard InChI is InChI=1S/C16H28O2/c1-6-16(4,5)14-10-8-13(9-11-14)12(3)15(17)18-7-2/h14H,6-11H2,1-5H3. The van der Waals surface area contributed by atoms with Crippen molar-refractivity contribution < 1.29 is 9.53 Å². The zero-order chi connectivity index (χ0) is 13.8. The Labute approximate surface area is 112 Å². The van der Waals surface area contributed by atoms with Gasteiger partial charge in [-0.15, -0.1) is 0 Å². The van der Waals surface area contributed by atoms with Crippen LogP contribution in [0.1, 0.15) is 66.7 Å². The highest BCUT2D eigenvalue weighted by molar-refractivity contribution is 5.88. The molecule has 0 spiro atoms. The van der Waals surface area contributed by atoms with Crippen LogP contribution < -0.4 is 0 Å². The maximum atomic E-state index is 11.7. The lowest BCUT2D eigenvalue weighted by atomic mass is 9.68. The van der Waals surface area contributed by atoms with Crippen molar-refractivity contribution in [2.24, 2.45) is 11.3 Å². The Morgan fingerprint density at radius 3 is 2.28 bits per heavy atom. The van der Waals surface area contributed by atoms with E-state index in [0.29, 0.717) is 12.0 Å². The maximum absolute atomic E-state index is 11.7. The van der Waals surface area contributed by atoms with E-state index in [1.165, 1.54) is 24.8 Å². The number of ether oxygens (including phenoxy) is 1. The topological polar surface area (TPSA) is 26.3 Å². The van der Waals surface area contributed by atoms with Gasteiger partial charge in [0.25, 0.3) is 0 Å². The fraction of sp³-hybridized carbons (Fsp3) is 0.812. The quantitative estimate of drug-likeness (QED) is 0.544. The van der Waals surface area contributed by atoms with Crippen LogP contribution in [0.4, 0.5) is 0 Å². The number of hydrogen-bond acceptors (Lipinski definition) is 2. The van der Waals surface area contributed by atoms with Crippen LogP contribution in [0.2, 0.25) is 0 Å². The molecule has 0 aromatic carbocycles. The molecule has 0 radical (unpaired) electrons. The molecule has 0 N–H and O–H groups in total. The van der Waals surface area contributed by atoms with Crippen molar-refractivity contribution in [2.75, 3.05) is 6.61 Å². The van der Waals surface area contributed by atoms with Gasteiger partial charge in [0.05, 0.1) is 6.61 Å². The molecule has 104 valence electrons. The lowest BCUT2D eigenvalue weighted by Crippen LogP contribution is -2.26. The van der Waals surface area contributed by atoms with Crippen molar-refractivity contribution in [3.8, 4) is 0 Å². The molecule has 0 amide bonds. The van der Waals surface area contributed by atoms with Crippen molar-refractivity contribution in [1.29, 1.82) is 0 Å². The molecule has 0 aliphatic heterocycles. The Morgan fingerprint density at radius 2 is 1.83 bits per heavy atom. The average molecular weight is 252 g/mol. The van der Waals surface area contributed by atoms with Crippen LogP contribution in [-0.2, 0) is 9.53 Å². The normalized spacial score (nSPS) is 20.7. The zero-order valence-electron chi connectivity index (χ0n) is 12.6. The van der Waals surface area contributed by atoms with Crippen LogP contribution in [0, 0.1) is 11.3 Å². The first-order valence-corrected chi connectivity index (χ1v) is 7.28. The SMILES string of the molecule is CCOC(=O)C(C)=C1CCC(C(C)(C)CC)CC1. The first kappa shape index (κ1) is 15.3. The van der Waals surface area contributed by atoms with E-state index in [2.05, 4.69) is 20.8 Å². The highest BCUT2D eigenvalue weighted by Crippen LogP contribution is 2.42. The molecule has 0 aromatic heterocycles. The Balaban J connectivity index is 2.63. The van der Waals surface area contributed by atoms with Gasteiger partial charge in [0.15, 0.2) is 0 Å². The summed E-state index contributed by atoms with van der Waals surface area (Å²) in [7, 11) is 0. The number of allylic oxidation sites excluding steroid dienone is 1. The van der Waals surface area contributed by atoms with Crippen molar-refractivity contribution >= 4 is 5.97 Å². The molecule has 2 heteroatoms. The molecule has 0 heterocycles. The maximum Gasteiger partial charge on any atom is 0.333 e. The first-order chi connectivity index (χ1) is 8.42. The minimum atomic E-state index is -0.124. The molecular formula is C16H28O2. The van der Waals surface area contributed by atoms with E-state index in [1.54, 1.807) is 0 Å². The molecular weight excluding hydrogens is 224 g/mol. The highest BCUT2D eigenvalue weighted by Gasteiger charge is 2.30. The van der Waals surface area contributed by atoms with E-state index in [-0.39, 0.29) is 5.97 Å². The number of carbonyl (C=O) groups excluding carboxylic acids is 1. The van der Waals surface area contributed by atoms with Gasteiger partial charge in [-0.1, -0.05) is 32.8 Å². The Bertz CT molecular complexity index is 316. The number of rotatable bonds is 4. The Hall–Kier alpha value is -0.790. The van der Waals surface area contributed by atoms with Crippen molar-refractivity contribution in [1.82, 2.24) is 0 Å². The molecule has 18 heavy (non-hydrogen) atoms. The summed E-state index contributed by atoms with van der Waals surface area (Å²) in [5.41, 5.74) is 2.60. The van der Waals surface area contributed by atoms with Gasteiger partial charge < -0.3 is 4.74 Å². The van der Waals surface area contributed by atoms with Crippen LogP contribution in [0.3, 0.4) is 0 Å². The third kappa shape index (κ3) is 3.60. The van der Waals surface area contributed by atoms with Crippen LogP contribution in [0.25, 0.3) is 0 Å². The van der Waals surface area contributed by atoms with Crippen LogP contribution in [0.15, 0.2) is 11.1 Å². The van der Waals surface area contributed by atoms with E-state index >= 15 is 0 Å². The monoisotopic (exact) mass is 252 g/mol. The Morgan fingerprint density at radius 1 is 1.28 bits per heavy atom. The zero-order valence-corrected chi connectivity index (χ0v) is 12.6. The van der Waals surface area contributed by atoms with Gasteiger partial charge in [-0.2, -0.15) is 0 Å². The number of esters is 1. The molecule has 1 aliphatic rings. The lowest BCUT2D eigenvalue weighted by molar-refractivity contribution is -0.138. The molecule has 0 bridgehead atoms. The van der Waals surface area contributed by atoms with E-state index in [4.69, 9.17) is 4.74 Å². The van der Waals surface area contributed by atoms with Gasteiger partial charge in [-0.05, 0) is 50.9 Å². The summed E-state index contributed by atoms with van der Waals surface area (Å²) >= 11 is 0. The molecule has 0 saturated heterocycles. The predicted octanol–water partition coefficient (Wildman–Crippen LogP) is 4.49. The van der Waals surface area contributed by atoms with Crippen molar-refractivity contribution in [3.05, 3.63) is 11.1 Å². The molecule has 1 saturated carbocycles. The largest absolute Gasteiger partial charge is 0.463 e. The van der Waals surface area contributed by atoms with Gasteiger partial charge in [0.1, 0.15) is 0 Å². The summed E-state index contributed by atoms with van der Waals surface area (Å²) < 4.78 is 5.08. The fourth-order valence-electron chi connectivity index (χ4n) is 2.80. The number of carbonyl (C=O) groups is 1. The molecule has 1 fully saturated rings. The number of hydrogen-bond donors (Lipinski definition) is 0. The molecule has 0 aromatic rings. The average Bonchev–Trinajstić information content (AvgIpc) is 2.38. The Kier molecular flexibility index (Phi) is 5.43. The minimum Gasteiger partial charge on any atom is -0.463 e. The van der Waals surface area contributed by atoms with Crippen LogP contribution in [-0.4, -0.2) is 12.6 Å². The molecule has 1 rings (SSSR count). The summed E-state index contributed by atoms with van der Waals surface area (Å²) in [5.74, 6) is 0.668. The second kappa shape index (κ2) is 6.40. The molecule has 0 unspecified atom stereocenters. The lowest BCUT2D eigenvalue weighted by Gasteiger charge is -2.37. The van der Waals surface area contributed by atoms with Gasteiger partial charge in [-0.25, -0.2) is 4.79 Å². The summed E-state index contributed by atoms with van der Waals surface area (Å²) in [6, 6.07) is 0. The smallest absolute Gasteiger partial charge is 0.333 e. The van der Waals surface area contributed by atoms with Crippen molar-refractivity contribution in [3.63, 3.8) is 0 Å². The summed E-state index contributed by atoms with van der Waals surface area (Å²) in [6.07, 6.45) is 5.80. The van der Waals surface area contributed by atoms with E-state index < -0.39 is 0 Å². The van der Waals surface area contributed by atoms with Gasteiger partial charge in [-0.3, -0.25) is 0 Å². The molecule has 1 aliphatic carbocycles. The summed E-state index contributed by atoms with van der Waals surface area (Å²) in [6.45, 7) is 11.2. The summed E-state index contributed by atoms with van der Waals surface area (Å²) in [5, 5.41) is 0. The first-order valence-electron chi connectivity index (χ1n) is 7.28. The van der Waals surface area contributed by atoms with Crippen LogP contribution >= 0.6 is 0 Å². The second-order valence-corrected chi connectivity index (χ2v) is 6.07. The van der Waals surface area contributed by atoms with Crippen molar-refractivity contribution in [2.45, 2.75) is 66.7 Å². The van der Waals surface area contributed by atoms with E-state index in [1.807, 2.05) is 13.8 Å². The molecule has 0 atom stereocenters. The van der Waals surface area contributed by atoms with Gasteiger partial charge in [0.2, 0.25) is 0 Å². The minimum absolute atomic E-state index is 0.124. The third-order valence-corrected chi connectivity index (χ3v) is 4.72. The van der Waals surface area contributed by atoms with Gasteiger partial charge >= 0.3 is 5.97 Å². The molecule has 2 nitrogen and oxygen atoms in total. The highest BCUT2D eigenvalue weighted by atomic mass is 16.5. The fourth-order valence-corrected chi connectivity index (χ4v) is 2.80. The summed E-state index contributed by atoms with van der Waals surface area (Å²) in [4.78, 5) is 11.7. The van der Waals surface area contributed by atoms with E-state index in [0.717, 1.165) is 24.3 Å². The van der Waals surface area contributed by atoms with Crippen LogP contribution in [0.5, 0.6) is 0 Å². The third-order valence-electron chi connectivity index (χ3n) is 4.72. The van der Waals surface area contributed by atoms with Gasteiger partial charge in [0, 0.05) is 5.57 Å². The van der Waals surface area contributed by atoms with E-state index in [9.17, 15) is 4.79 Å². The predicted molar refractivity (Wildman–Crippen MR) is 75.4 cm³/mol.